The highest BCUT2D eigenvalue weighted by Gasteiger charge is 2.24. The molecule has 0 amide bonds. The molecule has 0 radical (unpaired) electrons. The molecule has 0 bridgehead atoms. The molecule has 1 rings (SSSR count). The monoisotopic (exact) mass is 212 g/mol. The molecule has 2 heteroatoms. The molecule has 0 spiro atoms. The van der Waals surface area contributed by atoms with Gasteiger partial charge in [0.1, 0.15) is 0 Å². The Morgan fingerprint density at radius 2 is 2.07 bits per heavy atom. The van der Waals surface area contributed by atoms with Crippen molar-refractivity contribution in [2.75, 3.05) is 20.1 Å². The van der Waals surface area contributed by atoms with E-state index in [1.807, 2.05) is 0 Å². The van der Waals surface area contributed by atoms with E-state index in [0.717, 1.165) is 12.0 Å². The summed E-state index contributed by atoms with van der Waals surface area (Å²) in [5.74, 6) is 0.913. The molecule has 90 valence electrons. The van der Waals surface area contributed by atoms with Crippen LogP contribution >= 0.6 is 0 Å². The van der Waals surface area contributed by atoms with Crippen LogP contribution in [0.5, 0.6) is 0 Å². The molecule has 1 N–H and O–H groups in total. The van der Waals surface area contributed by atoms with E-state index in [1.165, 1.54) is 38.8 Å². The van der Waals surface area contributed by atoms with E-state index in [4.69, 9.17) is 0 Å². The highest BCUT2D eigenvalue weighted by atomic mass is 15.2. The molecular formula is C13H28N2. The summed E-state index contributed by atoms with van der Waals surface area (Å²) in [5, 5.41) is 3.30. The molecule has 3 unspecified atom stereocenters. The number of nitrogens with zero attached hydrogens (tertiary/aromatic N) is 1. The van der Waals surface area contributed by atoms with Gasteiger partial charge >= 0.3 is 0 Å². The van der Waals surface area contributed by atoms with Crippen LogP contribution in [-0.2, 0) is 0 Å². The number of unbranched alkanes of at least 4 members (excludes halogenated alkanes) is 1. The average molecular weight is 212 g/mol. The van der Waals surface area contributed by atoms with Crippen LogP contribution < -0.4 is 5.32 Å². The Morgan fingerprint density at radius 3 is 2.60 bits per heavy atom. The molecule has 0 aromatic carbocycles. The summed E-state index contributed by atoms with van der Waals surface area (Å²) in [6, 6.07) is 1.50. The van der Waals surface area contributed by atoms with Crippen LogP contribution in [0.25, 0.3) is 0 Å². The normalized spacial score (nSPS) is 29.6. The zero-order chi connectivity index (χ0) is 11.3. The number of hydrogen-bond acceptors (Lipinski definition) is 2. The first-order valence-corrected chi connectivity index (χ1v) is 6.54. The molecule has 1 saturated heterocycles. The standard InChI is InChI=1S/C13H28N2/c1-11-9-13(3)15(10-11)8-6-5-7-12(2)14-4/h11-14H,5-10H2,1-4H3. The Hall–Kier alpha value is -0.0800. The Bertz CT molecular complexity index is 170. The number of rotatable bonds is 6. The summed E-state index contributed by atoms with van der Waals surface area (Å²) in [6.07, 6.45) is 5.43. The summed E-state index contributed by atoms with van der Waals surface area (Å²) < 4.78 is 0. The van der Waals surface area contributed by atoms with Gasteiger partial charge in [-0.25, -0.2) is 0 Å². The van der Waals surface area contributed by atoms with Crippen LogP contribution in [0.2, 0.25) is 0 Å². The number of nitrogens with one attached hydrogen (secondary N) is 1. The van der Waals surface area contributed by atoms with Crippen molar-refractivity contribution in [1.29, 1.82) is 0 Å². The molecule has 3 atom stereocenters. The van der Waals surface area contributed by atoms with Crippen molar-refractivity contribution >= 4 is 0 Å². The van der Waals surface area contributed by atoms with E-state index < -0.39 is 0 Å². The van der Waals surface area contributed by atoms with Gasteiger partial charge in [-0.15, -0.1) is 0 Å². The first-order valence-electron chi connectivity index (χ1n) is 6.54. The van der Waals surface area contributed by atoms with Crippen LogP contribution in [0.3, 0.4) is 0 Å². The maximum absolute atomic E-state index is 3.30. The molecule has 1 heterocycles. The minimum absolute atomic E-state index is 0.680. The van der Waals surface area contributed by atoms with Gasteiger partial charge in [0.15, 0.2) is 0 Å². The van der Waals surface area contributed by atoms with Gasteiger partial charge in [0.2, 0.25) is 0 Å². The molecule has 1 fully saturated rings. The second-order valence-electron chi connectivity index (χ2n) is 5.37. The molecule has 0 saturated carbocycles. The van der Waals surface area contributed by atoms with Crippen molar-refractivity contribution in [3.05, 3.63) is 0 Å². The van der Waals surface area contributed by atoms with Crippen molar-refractivity contribution < 1.29 is 0 Å². The van der Waals surface area contributed by atoms with Crippen molar-refractivity contribution in [1.82, 2.24) is 10.2 Å². The minimum atomic E-state index is 0.680. The van der Waals surface area contributed by atoms with Gasteiger partial charge in [-0.05, 0) is 52.6 Å². The number of hydrogen-bond donors (Lipinski definition) is 1. The molecule has 0 aromatic heterocycles. The first kappa shape index (κ1) is 13.0. The number of likely N-dealkylation sites (tertiary alicyclic amines) is 1. The molecule has 2 nitrogen and oxygen atoms in total. The quantitative estimate of drug-likeness (QED) is 0.681. The Kier molecular flexibility index (Phi) is 5.62. The lowest BCUT2D eigenvalue weighted by atomic mass is 10.1. The molecular weight excluding hydrogens is 184 g/mol. The van der Waals surface area contributed by atoms with E-state index in [2.05, 4.69) is 38.0 Å². The van der Waals surface area contributed by atoms with Gasteiger partial charge in [-0.1, -0.05) is 13.3 Å². The summed E-state index contributed by atoms with van der Waals surface area (Å²) in [4.78, 5) is 2.66. The zero-order valence-corrected chi connectivity index (χ0v) is 10.9. The fraction of sp³-hybridized carbons (Fsp3) is 1.00. The zero-order valence-electron chi connectivity index (χ0n) is 10.9. The van der Waals surface area contributed by atoms with Crippen molar-refractivity contribution in [2.45, 2.75) is 58.5 Å². The Morgan fingerprint density at radius 1 is 1.33 bits per heavy atom. The van der Waals surface area contributed by atoms with Crippen molar-refractivity contribution in [3.8, 4) is 0 Å². The highest BCUT2D eigenvalue weighted by Crippen LogP contribution is 2.22. The fourth-order valence-electron chi connectivity index (χ4n) is 2.61. The predicted octanol–water partition coefficient (Wildman–Crippen LogP) is 2.49. The molecule has 0 aliphatic carbocycles. The van der Waals surface area contributed by atoms with Crippen LogP contribution in [0.4, 0.5) is 0 Å². The van der Waals surface area contributed by atoms with E-state index in [-0.39, 0.29) is 0 Å². The topological polar surface area (TPSA) is 15.3 Å². The SMILES string of the molecule is CNC(C)CCCCN1CC(C)CC1C. The van der Waals surface area contributed by atoms with E-state index in [0.29, 0.717) is 6.04 Å². The van der Waals surface area contributed by atoms with E-state index >= 15 is 0 Å². The smallest absolute Gasteiger partial charge is 0.00700 e. The van der Waals surface area contributed by atoms with Gasteiger partial charge in [0.25, 0.3) is 0 Å². The third kappa shape index (κ3) is 4.52. The highest BCUT2D eigenvalue weighted by molar-refractivity contribution is 4.79. The molecule has 15 heavy (non-hydrogen) atoms. The summed E-state index contributed by atoms with van der Waals surface area (Å²) >= 11 is 0. The maximum atomic E-state index is 3.30. The molecule has 1 aliphatic heterocycles. The third-order valence-electron chi connectivity index (χ3n) is 3.74. The van der Waals surface area contributed by atoms with Crippen molar-refractivity contribution in [2.24, 2.45) is 5.92 Å². The van der Waals surface area contributed by atoms with Crippen LogP contribution in [0.15, 0.2) is 0 Å². The van der Waals surface area contributed by atoms with Gasteiger partial charge in [0.05, 0.1) is 0 Å². The van der Waals surface area contributed by atoms with Gasteiger partial charge < -0.3 is 10.2 Å². The van der Waals surface area contributed by atoms with Gasteiger partial charge in [-0.3, -0.25) is 0 Å². The van der Waals surface area contributed by atoms with Crippen LogP contribution in [0.1, 0.15) is 46.5 Å². The third-order valence-corrected chi connectivity index (χ3v) is 3.74. The first-order chi connectivity index (χ1) is 7.13. The van der Waals surface area contributed by atoms with Gasteiger partial charge in [0, 0.05) is 18.6 Å². The Labute approximate surface area is 95.4 Å². The Balaban J connectivity index is 2.05. The molecule has 0 aromatic rings. The van der Waals surface area contributed by atoms with Crippen LogP contribution in [-0.4, -0.2) is 37.1 Å². The summed E-state index contributed by atoms with van der Waals surface area (Å²) in [7, 11) is 2.05. The lowest BCUT2D eigenvalue weighted by Gasteiger charge is -2.21. The molecule has 1 aliphatic rings. The minimum Gasteiger partial charge on any atom is -0.317 e. The van der Waals surface area contributed by atoms with E-state index in [9.17, 15) is 0 Å². The summed E-state index contributed by atoms with van der Waals surface area (Å²) in [6.45, 7) is 9.64. The van der Waals surface area contributed by atoms with Crippen LogP contribution in [0, 0.1) is 5.92 Å². The van der Waals surface area contributed by atoms with Crippen molar-refractivity contribution in [3.63, 3.8) is 0 Å². The maximum Gasteiger partial charge on any atom is 0.00700 e. The van der Waals surface area contributed by atoms with E-state index in [1.54, 1.807) is 0 Å². The second-order valence-corrected chi connectivity index (χ2v) is 5.37. The predicted molar refractivity (Wildman–Crippen MR) is 67.2 cm³/mol. The summed E-state index contributed by atoms with van der Waals surface area (Å²) in [5.41, 5.74) is 0. The lowest BCUT2D eigenvalue weighted by Crippen LogP contribution is -2.28. The fourth-order valence-corrected chi connectivity index (χ4v) is 2.61. The van der Waals surface area contributed by atoms with Gasteiger partial charge in [-0.2, -0.15) is 0 Å². The largest absolute Gasteiger partial charge is 0.317 e. The average Bonchev–Trinajstić information content (AvgIpc) is 2.52. The second kappa shape index (κ2) is 6.49. The lowest BCUT2D eigenvalue weighted by molar-refractivity contribution is 0.257.